The molecule has 2 heterocycles. The minimum Gasteiger partial charge on any atom is -0.490 e. The van der Waals surface area contributed by atoms with E-state index in [9.17, 15) is 14.7 Å². The van der Waals surface area contributed by atoms with Crippen LogP contribution in [0, 0.1) is 11.2 Å². The number of hydrogen-bond donors (Lipinski definition) is 2. The van der Waals surface area contributed by atoms with Gasteiger partial charge in [0.25, 0.3) is 0 Å². The van der Waals surface area contributed by atoms with E-state index in [0.717, 1.165) is 5.56 Å². The number of aliphatic carboxylic acids is 1. The first-order valence-corrected chi connectivity index (χ1v) is 12.7. The van der Waals surface area contributed by atoms with Crippen LogP contribution in [0.5, 0.6) is 17.2 Å². The van der Waals surface area contributed by atoms with Crippen LogP contribution in [0.2, 0.25) is 0 Å². The summed E-state index contributed by atoms with van der Waals surface area (Å²) in [5, 5.41) is 18.0. The van der Waals surface area contributed by atoms with Crippen molar-refractivity contribution in [3.05, 3.63) is 46.3 Å². The molecule has 0 unspecified atom stereocenters. The van der Waals surface area contributed by atoms with Crippen molar-refractivity contribution in [3.8, 4) is 17.2 Å². The summed E-state index contributed by atoms with van der Waals surface area (Å²) in [7, 11) is 0. The first-order chi connectivity index (χ1) is 18.0. The van der Waals surface area contributed by atoms with Gasteiger partial charge in [-0.25, -0.2) is 4.39 Å². The Bertz CT molecular complexity index is 1290. The van der Waals surface area contributed by atoms with E-state index in [2.05, 4.69) is 0 Å². The summed E-state index contributed by atoms with van der Waals surface area (Å²) in [6.07, 6.45) is 0. The lowest BCUT2D eigenvalue weighted by Crippen LogP contribution is -2.38. The van der Waals surface area contributed by atoms with Crippen LogP contribution < -0.4 is 19.1 Å². The standard InChI is InChI=1S/C28H34FN3O6.BrH/c1-6-36-21-12-17-13-32(27(30)23(17)24(29)26(21)37-7-2)14-20(33)16-10-18(28(3,4)5)25-19(11-16)31(8-9-38-25)15-22(34)35;/h10-12,30H,6-9,13-15H2,1-5H3,(H,34,35);1H. The van der Waals surface area contributed by atoms with Crippen molar-refractivity contribution in [1.82, 2.24) is 4.90 Å². The molecule has 0 fully saturated rings. The summed E-state index contributed by atoms with van der Waals surface area (Å²) in [5.74, 6) is -1.19. The van der Waals surface area contributed by atoms with E-state index in [1.807, 2.05) is 20.8 Å². The molecule has 0 saturated carbocycles. The average Bonchev–Trinajstić information content (AvgIpc) is 3.15. The van der Waals surface area contributed by atoms with Gasteiger partial charge in [-0.3, -0.25) is 15.0 Å². The molecule has 212 valence electrons. The lowest BCUT2D eigenvalue weighted by Gasteiger charge is -2.34. The molecule has 4 rings (SSSR count). The second-order valence-electron chi connectivity index (χ2n) is 10.3. The van der Waals surface area contributed by atoms with Gasteiger partial charge in [0.05, 0.1) is 37.6 Å². The lowest BCUT2D eigenvalue weighted by atomic mass is 9.84. The van der Waals surface area contributed by atoms with Gasteiger partial charge in [0.1, 0.15) is 24.7 Å². The smallest absolute Gasteiger partial charge is 0.323 e. The zero-order valence-corrected chi connectivity index (χ0v) is 24.6. The zero-order chi connectivity index (χ0) is 27.8. The fraction of sp³-hybridized carbons (Fsp3) is 0.464. The highest BCUT2D eigenvalue weighted by Gasteiger charge is 2.34. The van der Waals surface area contributed by atoms with E-state index in [-0.39, 0.29) is 77.3 Å². The molecule has 9 nitrogen and oxygen atoms in total. The Morgan fingerprint density at radius 3 is 2.41 bits per heavy atom. The number of carbonyl (C=O) groups excluding carboxylic acids is 1. The van der Waals surface area contributed by atoms with Gasteiger partial charge in [-0.2, -0.15) is 0 Å². The van der Waals surface area contributed by atoms with Crippen LogP contribution in [-0.2, 0) is 16.8 Å². The average molecular weight is 609 g/mol. The number of anilines is 1. The molecule has 0 radical (unpaired) electrons. The molecule has 0 aromatic heterocycles. The van der Waals surface area contributed by atoms with Gasteiger partial charge >= 0.3 is 5.97 Å². The Morgan fingerprint density at radius 1 is 1.10 bits per heavy atom. The molecule has 0 bridgehead atoms. The Kier molecular flexibility index (Phi) is 9.15. The first kappa shape index (κ1) is 30.2. The maximum absolute atomic E-state index is 15.4. The number of fused-ring (bicyclic) bond motifs is 2. The second-order valence-corrected chi connectivity index (χ2v) is 10.3. The van der Waals surface area contributed by atoms with Gasteiger partial charge in [-0.05, 0) is 43.0 Å². The molecule has 0 aliphatic carbocycles. The van der Waals surface area contributed by atoms with Gasteiger partial charge < -0.3 is 29.1 Å². The molecule has 2 aliphatic rings. The van der Waals surface area contributed by atoms with E-state index in [1.165, 1.54) is 4.90 Å². The molecule has 0 amide bonds. The lowest BCUT2D eigenvalue weighted by molar-refractivity contribution is -0.135. The first-order valence-electron chi connectivity index (χ1n) is 12.7. The molecule has 11 heteroatoms. The molecule has 2 aromatic rings. The van der Waals surface area contributed by atoms with Crippen LogP contribution in [0.15, 0.2) is 18.2 Å². The minimum absolute atomic E-state index is 0. The van der Waals surface area contributed by atoms with E-state index >= 15 is 4.39 Å². The third-order valence-corrected chi connectivity index (χ3v) is 6.58. The highest BCUT2D eigenvalue weighted by Crippen LogP contribution is 2.43. The highest BCUT2D eigenvalue weighted by atomic mass is 79.9. The summed E-state index contributed by atoms with van der Waals surface area (Å²) in [6, 6.07) is 5.10. The number of halogens is 2. The molecule has 2 aliphatic heterocycles. The van der Waals surface area contributed by atoms with Gasteiger partial charge in [0.2, 0.25) is 0 Å². The third kappa shape index (κ3) is 5.98. The SMILES string of the molecule is Br.CCOc1cc2c(c(F)c1OCC)C(=N)N(CC(=O)c1cc3c(c(C(C)(C)C)c1)OCCN3CC(=O)O)C2. The maximum atomic E-state index is 15.4. The monoisotopic (exact) mass is 607 g/mol. The number of amidine groups is 1. The number of ketones is 1. The number of Topliss-reactive ketones (excluding diaryl/α,β-unsaturated/α-hetero) is 1. The molecule has 0 spiro atoms. The number of nitrogens with one attached hydrogen (secondary N) is 1. The predicted octanol–water partition coefficient (Wildman–Crippen LogP) is 4.81. The highest BCUT2D eigenvalue weighted by molar-refractivity contribution is 8.93. The molecule has 39 heavy (non-hydrogen) atoms. The van der Waals surface area contributed by atoms with Crippen LogP contribution >= 0.6 is 17.0 Å². The number of hydrogen-bond acceptors (Lipinski definition) is 7. The Hall–Kier alpha value is -3.34. The Balaban J connectivity index is 0.00000420. The summed E-state index contributed by atoms with van der Waals surface area (Å²) in [4.78, 5) is 28.3. The quantitative estimate of drug-likeness (QED) is 0.391. The number of ether oxygens (including phenoxy) is 3. The molecular formula is C28H35BrFN3O6. The number of rotatable bonds is 9. The molecular weight excluding hydrogens is 573 g/mol. The van der Waals surface area contributed by atoms with E-state index in [4.69, 9.17) is 19.6 Å². The fourth-order valence-electron chi connectivity index (χ4n) is 4.85. The van der Waals surface area contributed by atoms with Crippen LogP contribution in [0.3, 0.4) is 0 Å². The van der Waals surface area contributed by atoms with Gasteiger partial charge in [-0.15, -0.1) is 17.0 Å². The summed E-state index contributed by atoms with van der Waals surface area (Å²) < 4.78 is 32.4. The number of nitrogens with zero attached hydrogens (tertiary/aromatic N) is 2. The van der Waals surface area contributed by atoms with Crippen molar-refractivity contribution in [3.63, 3.8) is 0 Å². The molecule has 2 N–H and O–H groups in total. The fourth-order valence-corrected chi connectivity index (χ4v) is 4.85. The summed E-state index contributed by atoms with van der Waals surface area (Å²) in [5.41, 5.74) is 2.01. The van der Waals surface area contributed by atoms with Gasteiger partial charge in [0.15, 0.2) is 23.1 Å². The van der Waals surface area contributed by atoms with Crippen LogP contribution in [0.4, 0.5) is 10.1 Å². The molecule has 2 aromatic carbocycles. The number of carbonyl (C=O) groups is 2. The van der Waals surface area contributed by atoms with Crippen molar-refractivity contribution in [2.45, 2.75) is 46.6 Å². The van der Waals surface area contributed by atoms with Crippen LogP contribution in [0.25, 0.3) is 0 Å². The zero-order valence-electron chi connectivity index (χ0n) is 22.9. The maximum Gasteiger partial charge on any atom is 0.323 e. The number of benzene rings is 2. The predicted molar refractivity (Wildman–Crippen MR) is 151 cm³/mol. The topological polar surface area (TPSA) is 112 Å². The largest absolute Gasteiger partial charge is 0.490 e. The number of carboxylic acids is 1. The van der Waals surface area contributed by atoms with Crippen LogP contribution in [-0.4, -0.2) is 67.0 Å². The Labute approximate surface area is 238 Å². The van der Waals surface area contributed by atoms with E-state index < -0.39 is 11.8 Å². The van der Waals surface area contributed by atoms with Crippen molar-refractivity contribution in [1.29, 1.82) is 5.41 Å². The van der Waals surface area contributed by atoms with Gasteiger partial charge in [0, 0.05) is 17.7 Å². The molecule has 0 saturated heterocycles. The Morgan fingerprint density at radius 2 is 1.79 bits per heavy atom. The second kappa shape index (κ2) is 11.8. The van der Waals surface area contributed by atoms with E-state index in [0.29, 0.717) is 42.3 Å². The van der Waals surface area contributed by atoms with Crippen molar-refractivity contribution >= 4 is 40.3 Å². The summed E-state index contributed by atoms with van der Waals surface area (Å²) >= 11 is 0. The van der Waals surface area contributed by atoms with Crippen LogP contribution in [0.1, 0.15) is 61.7 Å². The van der Waals surface area contributed by atoms with E-state index in [1.54, 1.807) is 36.9 Å². The minimum atomic E-state index is -0.977. The number of carboxylic acid groups (broad SMARTS) is 1. The van der Waals surface area contributed by atoms with Gasteiger partial charge in [-0.1, -0.05) is 20.8 Å². The third-order valence-electron chi connectivity index (χ3n) is 6.58. The van der Waals surface area contributed by atoms with Crippen molar-refractivity contribution < 1.29 is 33.3 Å². The summed E-state index contributed by atoms with van der Waals surface area (Å²) in [6.45, 7) is 10.6. The van der Waals surface area contributed by atoms with Crippen molar-refractivity contribution in [2.75, 3.05) is 44.4 Å². The van der Waals surface area contributed by atoms with Crippen molar-refractivity contribution in [2.24, 2.45) is 0 Å². The normalized spacial score (nSPS) is 14.3. The molecule has 0 atom stereocenters.